The molecule has 1 fully saturated rings. The average molecular weight is 411 g/mol. The number of amides is 1. The van der Waals surface area contributed by atoms with E-state index in [1.807, 2.05) is 17.5 Å². The van der Waals surface area contributed by atoms with Crippen LogP contribution in [-0.2, 0) is 16.1 Å². The van der Waals surface area contributed by atoms with Gasteiger partial charge in [-0.05, 0) is 41.3 Å². The fraction of sp³-hybridized carbons (Fsp3) is 0.0952. The molecule has 140 valence electrons. The number of likely N-dealkylation sites (tertiary alicyclic amines) is 1. The molecular formula is C21H15ClN2O3S. The predicted octanol–water partition coefficient (Wildman–Crippen LogP) is 4.42. The van der Waals surface area contributed by atoms with E-state index in [1.165, 1.54) is 22.4 Å². The largest absolute Gasteiger partial charge is 0.507 e. The molecule has 2 aromatic heterocycles. The topological polar surface area (TPSA) is 70.5 Å². The normalized spacial score (nSPS) is 18.6. The highest BCUT2D eigenvalue weighted by Crippen LogP contribution is 2.40. The standard InChI is InChI=1S/C21H15ClN2O3S/c22-15-7-5-13(6-8-15)18-17(19(25)14-3-1-9-23-11-14)20(26)21(27)24(18)12-16-4-2-10-28-16/h1-11,18,25H,12H2/b19-17+. The highest BCUT2D eigenvalue weighted by molar-refractivity contribution is 7.09. The summed E-state index contributed by atoms with van der Waals surface area (Å²) < 4.78 is 0. The van der Waals surface area contributed by atoms with Gasteiger partial charge in [-0.2, -0.15) is 0 Å². The van der Waals surface area contributed by atoms with E-state index in [0.29, 0.717) is 16.1 Å². The summed E-state index contributed by atoms with van der Waals surface area (Å²) in [6.45, 7) is 0.277. The number of aliphatic hydroxyl groups is 1. The van der Waals surface area contributed by atoms with E-state index in [9.17, 15) is 14.7 Å². The first-order valence-electron chi connectivity index (χ1n) is 8.53. The molecule has 1 saturated heterocycles. The molecule has 3 heterocycles. The summed E-state index contributed by atoms with van der Waals surface area (Å²) in [5.41, 5.74) is 1.14. The Morgan fingerprint density at radius 1 is 1.14 bits per heavy atom. The summed E-state index contributed by atoms with van der Waals surface area (Å²) in [5.74, 6) is -1.59. The Bertz CT molecular complexity index is 1050. The van der Waals surface area contributed by atoms with Gasteiger partial charge in [0.25, 0.3) is 11.7 Å². The lowest BCUT2D eigenvalue weighted by atomic mass is 9.96. The third-order valence-corrected chi connectivity index (χ3v) is 5.68. The number of aliphatic hydroxyl groups excluding tert-OH is 1. The molecule has 28 heavy (non-hydrogen) atoms. The minimum Gasteiger partial charge on any atom is -0.507 e. The molecule has 0 saturated carbocycles. The molecule has 7 heteroatoms. The molecule has 5 nitrogen and oxygen atoms in total. The Kier molecular flexibility index (Phi) is 4.98. The van der Waals surface area contributed by atoms with E-state index in [2.05, 4.69) is 4.98 Å². The zero-order valence-electron chi connectivity index (χ0n) is 14.6. The molecular weight excluding hydrogens is 396 g/mol. The smallest absolute Gasteiger partial charge is 0.295 e. The van der Waals surface area contributed by atoms with Crippen molar-refractivity contribution in [2.24, 2.45) is 0 Å². The van der Waals surface area contributed by atoms with Gasteiger partial charge < -0.3 is 10.0 Å². The minimum atomic E-state index is -0.710. The van der Waals surface area contributed by atoms with Crippen LogP contribution in [0.4, 0.5) is 0 Å². The van der Waals surface area contributed by atoms with Gasteiger partial charge in [-0.15, -0.1) is 11.3 Å². The number of carbonyl (C=O) groups excluding carboxylic acids is 2. The highest BCUT2D eigenvalue weighted by atomic mass is 35.5. The zero-order valence-corrected chi connectivity index (χ0v) is 16.2. The number of aromatic nitrogens is 1. The van der Waals surface area contributed by atoms with Crippen LogP contribution in [0.25, 0.3) is 5.76 Å². The number of carbonyl (C=O) groups is 2. The zero-order chi connectivity index (χ0) is 19.7. The number of nitrogens with zero attached hydrogens (tertiary/aromatic N) is 2. The van der Waals surface area contributed by atoms with Gasteiger partial charge in [0.15, 0.2) is 0 Å². The van der Waals surface area contributed by atoms with Crippen LogP contribution in [0.2, 0.25) is 5.02 Å². The quantitative estimate of drug-likeness (QED) is 0.392. The Morgan fingerprint density at radius 3 is 2.57 bits per heavy atom. The summed E-state index contributed by atoms with van der Waals surface area (Å²) >= 11 is 7.51. The Morgan fingerprint density at radius 2 is 1.93 bits per heavy atom. The van der Waals surface area contributed by atoms with Crippen LogP contribution in [0.3, 0.4) is 0 Å². The summed E-state index contributed by atoms with van der Waals surface area (Å²) in [6.07, 6.45) is 3.03. The molecule has 4 rings (SSSR count). The van der Waals surface area contributed by atoms with Crippen LogP contribution >= 0.6 is 22.9 Å². The maximum Gasteiger partial charge on any atom is 0.295 e. The van der Waals surface area contributed by atoms with Crippen molar-refractivity contribution in [3.8, 4) is 0 Å². The van der Waals surface area contributed by atoms with Gasteiger partial charge in [0.05, 0.1) is 18.2 Å². The first-order chi connectivity index (χ1) is 13.6. The van der Waals surface area contributed by atoms with Crippen LogP contribution in [0.1, 0.15) is 22.0 Å². The van der Waals surface area contributed by atoms with Crippen molar-refractivity contribution in [3.05, 3.63) is 92.9 Å². The number of thiophene rings is 1. The molecule has 3 aromatic rings. The molecule has 0 bridgehead atoms. The van der Waals surface area contributed by atoms with Crippen molar-refractivity contribution in [2.75, 3.05) is 0 Å². The lowest BCUT2D eigenvalue weighted by Crippen LogP contribution is -2.28. The van der Waals surface area contributed by atoms with Crippen molar-refractivity contribution in [1.82, 2.24) is 9.88 Å². The van der Waals surface area contributed by atoms with E-state index in [-0.39, 0.29) is 17.9 Å². The molecule has 1 N–H and O–H groups in total. The van der Waals surface area contributed by atoms with E-state index < -0.39 is 17.7 Å². The van der Waals surface area contributed by atoms with Crippen molar-refractivity contribution in [3.63, 3.8) is 0 Å². The number of ketones is 1. The van der Waals surface area contributed by atoms with E-state index in [1.54, 1.807) is 42.6 Å². The van der Waals surface area contributed by atoms with Crippen LogP contribution in [0.5, 0.6) is 0 Å². The lowest BCUT2D eigenvalue weighted by molar-refractivity contribution is -0.140. The third-order valence-electron chi connectivity index (χ3n) is 4.57. The Labute approximate surface area is 170 Å². The second-order valence-electron chi connectivity index (χ2n) is 6.30. The van der Waals surface area contributed by atoms with Gasteiger partial charge in [-0.3, -0.25) is 14.6 Å². The number of pyridine rings is 1. The average Bonchev–Trinajstić information content (AvgIpc) is 3.31. The Hall–Kier alpha value is -2.96. The van der Waals surface area contributed by atoms with Crippen molar-refractivity contribution < 1.29 is 14.7 Å². The molecule has 0 radical (unpaired) electrons. The summed E-state index contributed by atoms with van der Waals surface area (Å²) in [5, 5.41) is 13.3. The number of benzene rings is 1. The van der Waals surface area contributed by atoms with Gasteiger partial charge in [-0.25, -0.2) is 0 Å². The van der Waals surface area contributed by atoms with Gasteiger partial charge >= 0.3 is 0 Å². The molecule has 1 atom stereocenters. The summed E-state index contributed by atoms with van der Waals surface area (Å²) in [4.78, 5) is 32.1. The minimum absolute atomic E-state index is 0.0527. The van der Waals surface area contributed by atoms with E-state index >= 15 is 0 Å². The molecule has 1 aromatic carbocycles. The lowest BCUT2D eigenvalue weighted by Gasteiger charge is -2.25. The van der Waals surface area contributed by atoms with Crippen molar-refractivity contribution in [2.45, 2.75) is 12.6 Å². The van der Waals surface area contributed by atoms with Gasteiger partial charge in [0.1, 0.15) is 5.76 Å². The maximum atomic E-state index is 12.9. The number of Topliss-reactive ketones (excluding diaryl/α,β-unsaturated/α-hetero) is 1. The molecule has 1 aliphatic heterocycles. The Balaban J connectivity index is 1.86. The van der Waals surface area contributed by atoms with E-state index in [0.717, 1.165) is 4.88 Å². The number of rotatable bonds is 4. The van der Waals surface area contributed by atoms with Gasteiger partial charge in [0, 0.05) is 27.9 Å². The SMILES string of the molecule is O=C1C(=O)N(Cc2cccs2)C(c2ccc(Cl)cc2)/C1=C(\O)c1cccnc1. The molecule has 1 amide bonds. The number of hydrogen-bond acceptors (Lipinski definition) is 5. The number of hydrogen-bond donors (Lipinski definition) is 1. The van der Waals surface area contributed by atoms with E-state index in [4.69, 9.17) is 11.6 Å². The second-order valence-corrected chi connectivity index (χ2v) is 7.77. The monoisotopic (exact) mass is 410 g/mol. The van der Waals surface area contributed by atoms with Gasteiger partial charge in [-0.1, -0.05) is 29.8 Å². The van der Waals surface area contributed by atoms with Crippen molar-refractivity contribution in [1.29, 1.82) is 0 Å². The molecule has 1 aliphatic rings. The molecule has 0 aliphatic carbocycles. The maximum absolute atomic E-state index is 12.9. The first kappa shape index (κ1) is 18.4. The van der Waals surface area contributed by atoms with Gasteiger partial charge in [0.2, 0.25) is 0 Å². The third kappa shape index (κ3) is 3.32. The predicted molar refractivity (Wildman–Crippen MR) is 108 cm³/mol. The number of halogens is 1. The summed E-state index contributed by atoms with van der Waals surface area (Å²) in [6, 6.07) is 13.3. The van der Waals surface area contributed by atoms with Crippen LogP contribution in [0.15, 0.2) is 71.9 Å². The second kappa shape index (κ2) is 7.58. The summed E-state index contributed by atoms with van der Waals surface area (Å²) in [7, 11) is 0. The highest BCUT2D eigenvalue weighted by Gasteiger charge is 2.46. The van der Waals surface area contributed by atoms with Crippen LogP contribution in [0, 0.1) is 0 Å². The van der Waals surface area contributed by atoms with Crippen molar-refractivity contribution >= 4 is 40.4 Å². The fourth-order valence-corrected chi connectivity index (χ4v) is 4.09. The van der Waals surface area contributed by atoms with Crippen LogP contribution in [-0.4, -0.2) is 26.7 Å². The first-order valence-corrected chi connectivity index (χ1v) is 9.78. The molecule has 1 unspecified atom stereocenters. The molecule has 0 spiro atoms. The fourth-order valence-electron chi connectivity index (χ4n) is 3.26. The van der Waals surface area contributed by atoms with Crippen LogP contribution < -0.4 is 0 Å².